The molecule has 2 aromatic carbocycles. The first-order chi connectivity index (χ1) is 11.3. The van der Waals surface area contributed by atoms with Crippen LogP contribution < -0.4 is 15.2 Å². The Balaban J connectivity index is 1.97. The molecular formula is C18H19N3O2. The van der Waals surface area contributed by atoms with E-state index in [-0.39, 0.29) is 0 Å². The molecule has 0 aliphatic carbocycles. The van der Waals surface area contributed by atoms with Gasteiger partial charge in [0.25, 0.3) is 0 Å². The van der Waals surface area contributed by atoms with Gasteiger partial charge < -0.3 is 19.8 Å². The molecule has 0 spiro atoms. The van der Waals surface area contributed by atoms with E-state index in [1.165, 1.54) is 5.56 Å². The van der Waals surface area contributed by atoms with Crippen molar-refractivity contribution in [3.05, 3.63) is 42.0 Å². The summed E-state index contributed by atoms with van der Waals surface area (Å²) < 4.78 is 13.5. The van der Waals surface area contributed by atoms with Gasteiger partial charge in [-0.15, -0.1) is 0 Å². The molecule has 3 aromatic rings. The monoisotopic (exact) mass is 309 g/mol. The fourth-order valence-corrected chi connectivity index (χ4v) is 3.05. The summed E-state index contributed by atoms with van der Waals surface area (Å²) in [4.78, 5) is 4.84. The molecule has 0 unspecified atom stereocenters. The van der Waals surface area contributed by atoms with Gasteiger partial charge in [-0.2, -0.15) is 0 Å². The molecule has 23 heavy (non-hydrogen) atoms. The van der Waals surface area contributed by atoms with E-state index in [1.54, 1.807) is 0 Å². The molecule has 1 aliphatic heterocycles. The molecule has 0 radical (unpaired) electrons. The lowest BCUT2D eigenvalue weighted by Crippen LogP contribution is -2.15. The third kappa shape index (κ3) is 2.33. The van der Waals surface area contributed by atoms with Gasteiger partial charge in [-0.3, -0.25) is 0 Å². The molecule has 0 saturated heterocycles. The molecule has 1 aliphatic rings. The zero-order valence-corrected chi connectivity index (χ0v) is 13.1. The van der Waals surface area contributed by atoms with Gasteiger partial charge in [-0.25, -0.2) is 4.98 Å². The summed E-state index contributed by atoms with van der Waals surface area (Å²) in [5.74, 6) is 2.47. The molecule has 5 heteroatoms. The molecule has 118 valence electrons. The van der Waals surface area contributed by atoms with Gasteiger partial charge in [0.15, 0.2) is 11.5 Å². The van der Waals surface area contributed by atoms with Crippen LogP contribution in [0.2, 0.25) is 0 Å². The zero-order valence-electron chi connectivity index (χ0n) is 13.1. The van der Waals surface area contributed by atoms with Crippen LogP contribution >= 0.6 is 0 Å². The van der Waals surface area contributed by atoms with Gasteiger partial charge in [0, 0.05) is 30.8 Å². The maximum Gasteiger partial charge on any atom is 0.163 e. The third-order valence-corrected chi connectivity index (χ3v) is 4.15. The SMILES string of the molecule is Cc1ccccc1-c1nc2cc3c(cc2n1CCN)OCCO3. The van der Waals surface area contributed by atoms with Crippen LogP contribution in [0.3, 0.4) is 0 Å². The Bertz CT molecular complexity index is 870. The van der Waals surface area contributed by atoms with Crippen LogP contribution in [0.15, 0.2) is 36.4 Å². The van der Waals surface area contributed by atoms with E-state index in [0.717, 1.165) is 33.9 Å². The highest BCUT2D eigenvalue weighted by molar-refractivity contribution is 5.84. The smallest absolute Gasteiger partial charge is 0.163 e. The molecule has 0 bridgehead atoms. The van der Waals surface area contributed by atoms with Crippen molar-refractivity contribution in [1.29, 1.82) is 0 Å². The van der Waals surface area contributed by atoms with Crippen LogP contribution in [0, 0.1) is 6.92 Å². The van der Waals surface area contributed by atoms with E-state index in [0.29, 0.717) is 26.3 Å². The Hall–Kier alpha value is -2.53. The number of aryl methyl sites for hydroxylation is 1. The molecule has 0 saturated carbocycles. The van der Waals surface area contributed by atoms with Crippen LogP contribution in [0.1, 0.15) is 5.56 Å². The molecule has 1 aromatic heterocycles. The van der Waals surface area contributed by atoms with Crippen molar-refractivity contribution in [3.8, 4) is 22.9 Å². The van der Waals surface area contributed by atoms with E-state index in [4.69, 9.17) is 20.2 Å². The Labute approximate surface area is 134 Å². The second-order valence-electron chi connectivity index (χ2n) is 5.68. The van der Waals surface area contributed by atoms with Crippen LogP contribution in [0.25, 0.3) is 22.4 Å². The largest absolute Gasteiger partial charge is 0.486 e. The second-order valence-corrected chi connectivity index (χ2v) is 5.68. The van der Waals surface area contributed by atoms with Gasteiger partial charge in [-0.1, -0.05) is 24.3 Å². The number of fused-ring (bicyclic) bond motifs is 2. The second kappa shape index (κ2) is 5.59. The Morgan fingerprint density at radius 1 is 1.13 bits per heavy atom. The summed E-state index contributed by atoms with van der Waals surface area (Å²) in [6.07, 6.45) is 0. The normalized spacial score (nSPS) is 13.5. The van der Waals surface area contributed by atoms with Gasteiger partial charge in [0.2, 0.25) is 0 Å². The zero-order chi connectivity index (χ0) is 15.8. The minimum Gasteiger partial charge on any atom is -0.486 e. The van der Waals surface area contributed by atoms with Crippen LogP contribution in [0.5, 0.6) is 11.5 Å². The fraction of sp³-hybridized carbons (Fsp3) is 0.278. The first-order valence-electron chi connectivity index (χ1n) is 7.84. The maximum atomic E-state index is 5.83. The molecule has 2 N–H and O–H groups in total. The molecule has 4 rings (SSSR count). The Kier molecular flexibility index (Phi) is 3.42. The van der Waals surface area contributed by atoms with E-state index in [9.17, 15) is 0 Å². The Morgan fingerprint density at radius 2 is 1.87 bits per heavy atom. The minimum absolute atomic E-state index is 0.554. The lowest BCUT2D eigenvalue weighted by atomic mass is 10.1. The highest BCUT2D eigenvalue weighted by Gasteiger charge is 2.19. The summed E-state index contributed by atoms with van der Waals surface area (Å²) in [5, 5.41) is 0. The minimum atomic E-state index is 0.554. The van der Waals surface area contributed by atoms with Crippen molar-refractivity contribution in [2.45, 2.75) is 13.5 Å². The number of nitrogens with two attached hydrogens (primary N) is 1. The number of aromatic nitrogens is 2. The summed E-state index contributed by atoms with van der Waals surface area (Å²) in [6.45, 7) is 4.51. The van der Waals surface area contributed by atoms with Crippen LogP contribution in [-0.4, -0.2) is 29.3 Å². The fourth-order valence-electron chi connectivity index (χ4n) is 3.05. The van der Waals surface area contributed by atoms with Gasteiger partial charge >= 0.3 is 0 Å². The average Bonchev–Trinajstić information content (AvgIpc) is 2.91. The summed E-state index contributed by atoms with van der Waals surface area (Å²) >= 11 is 0. The topological polar surface area (TPSA) is 62.3 Å². The molecule has 0 fully saturated rings. The maximum absolute atomic E-state index is 5.83. The summed E-state index contributed by atoms with van der Waals surface area (Å²) in [5.41, 5.74) is 10.1. The number of rotatable bonds is 3. The number of imidazole rings is 1. The standard InChI is InChI=1S/C18H19N3O2/c1-12-4-2-3-5-13(12)18-20-14-10-16-17(23-9-8-22-16)11-15(14)21(18)7-6-19/h2-5,10-11H,6-9,19H2,1H3. The van der Waals surface area contributed by atoms with E-state index in [1.807, 2.05) is 24.3 Å². The Morgan fingerprint density at radius 3 is 2.61 bits per heavy atom. The van der Waals surface area contributed by atoms with Crippen molar-refractivity contribution >= 4 is 11.0 Å². The number of hydrogen-bond donors (Lipinski definition) is 1. The third-order valence-electron chi connectivity index (χ3n) is 4.15. The van der Waals surface area contributed by atoms with Gasteiger partial charge in [0.1, 0.15) is 19.0 Å². The lowest BCUT2D eigenvalue weighted by Gasteiger charge is -2.18. The number of ether oxygens (including phenoxy) is 2. The van der Waals surface area contributed by atoms with Crippen molar-refractivity contribution in [3.63, 3.8) is 0 Å². The van der Waals surface area contributed by atoms with E-state index < -0.39 is 0 Å². The van der Waals surface area contributed by atoms with Crippen molar-refractivity contribution in [2.24, 2.45) is 5.73 Å². The molecular weight excluding hydrogens is 290 g/mol. The number of hydrogen-bond acceptors (Lipinski definition) is 4. The molecule has 5 nitrogen and oxygen atoms in total. The van der Waals surface area contributed by atoms with Gasteiger partial charge in [0.05, 0.1) is 11.0 Å². The molecule has 0 amide bonds. The summed E-state index contributed by atoms with van der Waals surface area (Å²) in [6, 6.07) is 12.2. The van der Waals surface area contributed by atoms with Gasteiger partial charge in [-0.05, 0) is 12.5 Å². The average molecular weight is 309 g/mol. The highest BCUT2D eigenvalue weighted by atomic mass is 16.6. The van der Waals surface area contributed by atoms with Crippen LogP contribution in [0.4, 0.5) is 0 Å². The molecule has 2 heterocycles. The first kappa shape index (κ1) is 14.1. The van der Waals surface area contributed by atoms with Crippen LogP contribution in [-0.2, 0) is 6.54 Å². The van der Waals surface area contributed by atoms with Crippen molar-refractivity contribution < 1.29 is 9.47 Å². The van der Waals surface area contributed by atoms with Crippen molar-refractivity contribution in [1.82, 2.24) is 9.55 Å². The number of benzene rings is 2. The quantitative estimate of drug-likeness (QED) is 0.808. The predicted octanol–water partition coefficient (Wildman–Crippen LogP) is 2.74. The highest BCUT2D eigenvalue weighted by Crippen LogP contribution is 2.36. The van der Waals surface area contributed by atoms with Crippen molar-refractivity contribution in [2.75, 3.05) is 19.8 Å². The predicted molar refractivity (Wildman–Crippen MR) is 90.0 cm³/mol. The first-order valence-corrected chi connectivity index (χ1v) is 7.84. The lowest BCUT2D eigenvalue weighted by molar-refractivity contribution is 0.172. The van der Waals surface area contributed by atoms with E-state index >= 15 is 0 Å². The van der Waals surface area contributed by atoms with E-state index in [2.05, 4.69) is 23.6 Å². The summed E-state index contributed by atoms with van der Waals surface area (Å²) in [7, 11) is 0. The number of nitrogens with zero attached hydrogens (tertiary/aromatic N) is 2. The molecule has 0 atom stereocenters.